The standard InChI is InChI=1S/C22H24N4O2/c1-14-11-17-16(23-13-14)12-20(25-17)22(8-4-9-22)19-7-6-18-15(24-19)5-3-10-26(18)21(27)28-2/h6-7,11,13H,3-5,8-10,12H2,1-2H3. The molecule has 4 heterocycles. The number of hydrogen-bond donors (Lipinski definition) is 0. The molecule has 0 saturated heterocycles. The van der Waals surface area contributed by atoms with E-state index < -0.39 is 0 Å². The van der Waals surface area contributed by atoms with E-state index >= 15 is 0 Å². The number of methoxy groups -OCH3 is 1. The zero-order valence-electron chi connectivity index (χ0n) is 16.4. The number of aryl methyl sites for hydroxylation is 2. The van der Waals surface area contributed by atoms with Crippen LogP contribution in [0.3, 0.4) is 0 Å². The minimum absolute atomic E-state index is 0.0861. The van der Waals surface area contributed by atoms with Crippen LogP contribution in [0.4, 0.5) is 16.2 Å². The first-order chi connectivity index (χ1) is 13.6. The Balaban J connectivity index is 1.52. The van der Waals surface area contributed by atoms with E-state index in [9.17, 15) is 4.79 Å². The summed E-state index contributed by atoms with van der Waals surface area (Å²) in [6.07, 6.45) is 7.55. The third-order valence-corrected chi connectivity index (χ3v) is 6.36. The molecule has 144 valence electrons. The first-order valence-electron chi connectivity index (χ1n) is 10.0. The summed E-state index contributed by atoms with van der Waals surface area (Å²) in [5, 5.41) is 0. The lowest BCUT2D eigenvalue weighted by Crippen LogP contribution is -2.44. The quantitative estimate of drug-likeness (QED) is 0.793. The number of nitrogens with zero attached hydrogens (tertiary/aromatic N) is 4. The predicted molar refractivity (Wildman–Crippen MR) is 108 cm³/mol. The van der Waals surface area contributed by atoms with Crippen molar-refractivity contribution < 1.29 is 9.53 Å². The number of carbonyl (C=O) groups excluding carboxylic acids is 1. The molecule has 1 amide bonds. The highest BCUT2D eigenvalue weighted by atomic mass is 16.5. The summed E-state index contributed by atoms with van der Waals surface area (Å²) in [6, 6.07) is 6.25. The van der Waals surface area contributed by atoms with Gasteiger partial charge in [-0.2, -0.15) is 0 Å². The van der Waals surface area contributed by atoms with Gasteiger partial charge >= 0.3 is 6.09 Å². The lowest BCUT2D eigenvalue weighted by Gasteiger charge is -2.42. The highest BCUT2D eigenvalue weighted by Crippen LogP contribution is 2.48. The number of aliphatic imine (C=N–C) groups is 1. The van der Waals surface area contributed by atoms with Gasteiger partial charge < -0.3 is 4.74 Å². The smallest absolute Gasteiger partial charge is 0.414 e. The van der Waals surface area contributed by atoms with Gasteiger partial charge in [0.25, 0.3) is 0 Å². The van der Waals surface area contributed by atoms with Gasteiger partial charge in [0.1, 0.15) is 0 Å². The zero-order valence-corrected chi connectivity index (χ0v) is 16.4. The molecule has 0 spiro atoms. The topological polar surface area (TPSA) is 67.7 Å². The summed E-state index contributed by atoms with van der Waals surface area (Å²) >= 11 is 0. The molecule has 0 N–H and O–H groups in total. The van der Waals surface area contributed by atoms with Crippen molar-refractivity contribution in [1.29, 1.82) is 0 Å². The highest BCUT2D eigenvalue weighted by molar-refractivity contribution is 6.02. The number of aromatic nitrogens is 2. The molecular weight excluding hydrogens is 352 g/mol. The normalized spacial score (nSPS) is 19.4. The minimum Gasteiger partial charge on any atom is -0.452 e. The number of anilines is 1. The molecular formula is C22H24N4O2. The summed E-state index contributed by atoms with van der Waals surface area (Å²) in [6.45, 7) is 2.73. The Morgan fingerprint density at radius 3 is 2.82 bits per heavy atom. The van der Waals surface area contributed by atoms with Gasteiger partial charge in [0, 0.05) is 24.9 Å². The maximum Gasteiger partial charge on any atom is 0.414 e. The first-order valence-corrected chi connectivity index (χ1v) is 10.0. The van der Waals surface area contributed by atoms with E-state index in [1.165, 1.54) is 19.2 Å². The number of hydrogen-bond acceptors (Lipinski definition) is 5. The summed E-state index contributed by atoms with van der Waals surface area (Å²) in [7, 11) is 1.42. The van der Waals surface area contributed by atoms with E-state index in [0.29, 0.717) is 6.54 Å². The summed E-state index contributed by atoms with van der Waals surface area (Å²) < 4.78 is 4.94. The van der Waals surface area contributed by atoms with E-state index in [2.05, 4.69) is 24.0 Å². The molecule has 5 rings (SSSR count). The lowest BCUT2D eigenvalue weighted by molar-refractivity contribution is 0.178. The van der Waals surface area contributed by atoms with Crippen molar-refractivity contribution in [2.45, 2.75) is 50.9 Å². The molecule has 0 aromatic carbocycles. The largest absolute Gasteiger partial charge is 0.452 e. The van der Waals surface area contributed by atoms with Crippen molar-refractivity contribution in [2.75, 3.05) is 18.6 Å². The second kappa shape index (κ2) is 6.40. The van der Waals surface area contributed by atoms with Crippen LogP contribution in [0.15, 0.2) is 29.4 Å². The van der Waals surface area contributed by atoms with Crippen LogP contribution in [0.2, 0.25) is 0 Å². The van der Waals surface area contributed by atoms with Gasteiger partial charge in [-0.05, 0) is 56.4 Å². The first kappa shape index (κ1) is 17.3. The maximum atomic E-state index is 12.1. The average Bonchev–Trinajstić information content (AvgIpc) is 3.08. The number of amides is 1. The van der Waals surface area contributed by atoms with Crippen LogP contribution in [-0.2, 0) is 23.0 Å². The fourth-order valence-electron chi connectivity index (χ4n) is 4.67. The second-order valence-electron chi connectivity index (χ2n) is 8.04. The molecule has 1 fully saturated rings. The van der Waals surface area contributed by atoms with Gasteiger partial charge in [0.05, 0.1) is 41.0 Å². The fraction of sp³-hybridized carbons (Fsp3) is 0.455. The maximum absolute atomic E-state index is 12.1. The fourth-order valence-corrected chi connectivity index (χ4v) is 4.67. The number of pyridine rings is 2. The third-order valence-electron chi connectivity index (χ3n) is 6.36. The van der Waals surface area contributed by atoms with Gasteiger partial charge in [-0.25, -0.2) is 4.79 Å². The average molecular weight is 376 g/mol. The number of fused-ring (bicyclic) bond motifs is 2. The minimum atomic E-state index is -0.314. The van der Waals surface area contributed by atoms with E-state index in [1.807, 2.05) is 12.3 Å². The predicted octanol–water partition coefficient (Wildman–Crippen LogP) is 4.05. The molecule has 0 radical (unpaired) electrons. The Morgan fingerprint density at radius 2 is 2.07 bits per heavy atom. The molecule has 6 nitrogen and oxygen atoms in total. The van der Waals surface area contributed by atoms with Gasteiger partial charge in [-0.1, -0.05) is 6.42 Å². The monoisotopic (exact) mass is 376 g/mol. The van der Waals surface area contributed by atoms with Crippen LogP contribution in [-0.4, -0.2) is 35.4 Å². The number of rotatable bonds is 2. The van der Waals surface area contributed by atoms with Crippen LogP contribution >= 0.6 is 0 Å². The van der Waals surface area contributed by atoms with Crippen LogP contribution in [0.5, 0.6) is 0 Å². The molecule has 6 heteroatoms. The molecule has 0 atom stereocenters. The van der Waals surface area contributed by atoms with Crippen LogP contribution in [0, 0.1) is 6.92 Å². The molecule has 2 aliphatic heterocycles. The SMILES string of the molecule is COC(=O)N1CCCc2nc(C3(C4=Nc5cc(C)cnc5C4)CCC3)ccc21. The summed E-state index contributed by atoms with van der Waals surface area (Å²) in [5.41, 5.74) is 7.29. The Hall–Kier alpha value is -2.76. The number of ether oxygens (including phenoxy) is 1. The van der Waals surface area contributed by atoms with Crippen LogP contribution in [0.1, 0.15) is 48.3 Å². The van der Waals surface area contributed by atoms with Crippen molar-refractivity contribution in [3.63, 3.8) is 0 Å². The Kier molecular flexibility index (Phi) is 3.96. The van der Waals surface area contributed by atoms with E-state index in [4.69, 9.17) is 14.7 Å². The Morgan fingerprint density at radius 1 is 1.21 bits per heavy atom. The van der Waals surface area contributed by atoms with E-state index in [-0.39, 0.29) is 11.5 Å². The molecule has 3 aliphatic rings. The molecule has 0 unspecified atom stereocenters. The Labute approximate surface area is 164 Å². The number of carbonyl (C=O) groups is 1. The summed E-state index contributed by atoms with van der Waals surface area (Å²) in [4.78, 5) is 28.4. The molecule has 1 saturated carbocycles. The van der Waals surface area contributed by atoms with Gasteiger partial charge in [-0.15, -0.1) is 0 Å². The van der Waals surface area contributed by atoms with Crippen molar-refractivity contribution in [3.05, 3.63) is 47.0 Å². The highest BCUT2D eigenvalue weighted by Gasteiger charge is 2.46. The van der Waals surface area contributed by atoms with Gasteiger partial charge in [0.15, 0.2) is 0 Å². The summed E-state index contributed by atoms with van der Waals surface area (Å²) in [5.74, 6) is 0. The van der Waals surface area contributed by atoms with Gasteiger partial charge in [0.2, 0.25) is 0 Å². The third kappa shape index (κ3) is 2.54. The van der Waals surface area contributed by atoms with Crippen molar-refractivity contribution in [2.24, 2.45) is 4.99 Å². The molecule has 1 aliphatic carbocycles. The van der Waals surface area contributed by atoms with Crippen molar-refractivity contribution >= 4 is 23.2 Å². The molecule has 2 aromatic rings. The van der Waals surface area contributed by atoms with Gasteiger partial charge in [-0.3, -0.25) is 19.9 Å². The van der Waals surface area contributed by atoms with Crippen molar-refractivity contribution in [1.82, 2.24) is 9.97 Å². The van der Waals surface area contributed by atoms with Crippen LogP contribution < -0.4 is 4.90 Å². The second-order valence-corrected chi connectivity index (χ2v) is 8.04. The van der Waals surface area contributed by atoms with Crippen LogP contribution in [0.25, 0.3) is 0 Å². The van der Waals surface area contributed by atoms with E-state index in [0.717, 1.165) is 66.1 Å². The Bertz CT molecular complexity index is 994. The van der Waals surface area contributed by atoms with E-state index in [1.54, 1.807) is 4.90 Å². The molecule has 0 bridgehead atoms. The lowest BCUT2D eigenvalue weighted by atomic mass is 9.62. The van der Waals surface area contributed by atoms with Crippen molar-refractivity contribution in [3.8, 4) is 0 Å². The molecule has 28 heavy (non-hydrogen) atoms. The zero-order chi connectivity index (χ0) is 19.3. The molecule has 2 aromatic heterocycles.